The number of fused-ring (bicyclic) bond motifs is 3. The Hall–Kier alpha value is -2.56. The maximum atomic E-state index is 13.1. The van der Waals surface area contributed by atoms with Crippen molar-refractivity contribution >= 4 is 27.7 Å². The Labute approximate surface area is 153 Å². The molecule has 0 radical (unpaired) electrons. The van der Waals surface area contributed by atoms with Gasteiger partial charge in [-0.25, -0.2) is 0 Å². The molecule has 0 aliphatic rings. The first kappa shape index (κ1) is 18.2. The molecule has 5 heteroatoms. The van der Waals surface area contributed by atoms with Gasteiger partial charge in [-0.15, -0.1) is 0 Å². The number of rotatable bonds is 5. The molecule has 1 atom stereocenters. The zero-order valence-corrected chi connectivity index (χ0v) is 16.2. The maximum Gasteiger partial charge on any atom is 0.275 e. The van der Waals surface area contributed by atoms with Crippen LogP contribution in [0.4, 0.5) is 0 Å². The van der Waals surface area contributed by atoms with Crippen molar-refractivity contribution in [2.45, 2.75) is 46.7 Å². The number of carbonyl (C=O) groups is 1. The Kier molecular flexibility index (Phi) is 4.90. The van der Waals surface area contributed by atoms with Gasteiger partial charge in [0.15, 0.2) is 0 Å². The van der Waals surface area contributed by atoms with E-state index >= 15 is 0 Å². The molecule has 3 aromatic rings. The quantitative estimate of drug-likeness (QED) is 0.761. The van der Waals surface area contributed by atoms with E-state index < -0.39 is 0 Å². The molecule has 2 heterocycles. The van der Waals surface area contributed by atoms with Gasteiger partial charge >= 0.3 is 0 Å². The topological polar surface area (TPSA) is 56.0 Å². The third-order valence-corrected chi connectivity index (χ3v) is 4.92. The summed E-state index contributed by atoms with van der Waals surface area (Å²) in [5.41, 5.74) is 2.06. The molecule has 1 N–H and O–H groups in total. The van der Waals surface area contributed by atoms with Crippen LogP contribution in [-0.2, 0) is 13.6 Å². The molecule has 0 aliphatic carbocycles. The lowest BCUT2D eigenvalue weighted by molar-refractivity contribution is 0.0940. The van der Waals surface area contributed by atoms with Gasteiger partial charge in [-0.2, -0.15) is 0 Å². The Bertz CT molecular complexity index is 1030. The number of carbonyl (C=O) groups excluding carboxylic acids is 1. The molecule has 2 aromatic heterocycles. The number of pyridine rings is 1. The zero-order valence-electron chi connectivity index (χ0n) is 16.2. The van der Waals surface area contributed by atoms with Crippen LogP contribution in [-0.4, -0.2) is 21.1 Å². The predicted molar refractivity (Wildman–Crippen MR) is 107 cm³/mol. The number of nitrogens with zero attached hydrogens (tertiary/aromatic N) is 2. The molecule has 26 heavy (non-hydrogen) atoms. The predicted octanol–water partition coefficient (Wildman–Crippen LogP) is 3.68. The fraction of sp³-hybridized carbons (Fsp3) is 0.429. The monoisotopic (exact) mass is 353 g/mol. The Morgan fingerprint density at radius 3 is 2.54 bits per heavy atom. The average molecular weight is 353 g/mol. The Morgan fingerprint density at radius 1 is 1.19 bits per heavy atom. The first-order valence-corrected chi connectivity index (χ1v) is 9.26. The molecule has 0 unspecified atom stereocenters. The normalized spacial score (nSPS) is 12.8. The number of para-hydroxylation sites is 1. The summed E-state index contributed by atoms with van der Waals surface area (Å²) in [6.07, 6.45) is 2.59. The molecule has 0 aliphatic heterocycles. The van der Waals surface area contributed by atoms with Gasteiger partial charge in [-0.1, -0.05) is 39.0 Å². The highest BCUT2D eigenvalue weighted by atomic mass is 16.2. The maximum absolute atomic E-state index is 13.1. The van der Waals surface area contributed by atoms with Crippen LogP contribution in [0.1, 0.15) is 44.5 Å². The van der Waals surface area contributed by atoms with Crippen molar-refractivity contribution in [3.8, 4) is 0 Å². The van der Waals surface area contributed by atoms with Crippen LogP contribution in [0.25, 0.3) is 21.8 Å². The van der Waals surface area contributed by atoms with E-state index in [0.717, 1.165) is 22.7 Å². The van der Waals surface area contributed by atoms with Crippen LogP contribution in [0, 0.1) is 5.92 Å². The number of amides is 1. The van der Waals surface area contributed by atoms with Crippen molar-refractivity contribution in [2.75, 3.05) is 0 Å². The molecule has 138 valence electrons. The van der Waals surface area contributed by atoms with E-state index in [0.29, 0.717) is 23.5 Å². The van der Waals surface area contributed by atoms with Gasteiger partial charge < -0.3 is 14.5 Å². The molecule has 0 spiro atoms. The van der Waals surface area contributed by atoms with Crippen LogP contribution in [0.5, 0.6) is 0 Å². The van der Waals surface area contributed by atoms with Crippen molar-refractivity contribution < 1.29 is 4.79 Å². The molecule has 3 rings (SSSR count). The van der Waals surface area contributed by atoms with E-state index in [-0.39, 0.29) is 17.5 Å². The number of nitrogens with one attached hydrogen (secondary N) is 1. The lowest BCUT2D eigenvalue weighted by atomic mass is 10.1. The second-order valence-electron chi connectivity index (χ2n) is 7.48. The number of aromatic nitrogens is 2. The summed E-state index contributed by atoms with van der Waals surface area (Å²) in [4.78, 5) is 26.1. The van der Waals surface area contributed by atoms with Gasteiger partial charge in [0.1, 0.15) is 5.52 Å². The number of benzene rings is 1. The summed E-state index contributed by atoms with van der Waals surface area (Å²) in [6.45, 7) is 8.74. The van der Waals surface area contributed by atoms with Crippen molar-refractivity contribution in [1.29, 1.82) is 0 Å². The fourth-order valence-electron chi connectivity index (χ4n) is 3.44. The van der Waals surface area contributed by atoms with Gasteiger partial charge in [0.25, 0.3) is 11.5 Å². The lowest BCUT2D eigenvalue weighted by Gasteiger charge is -2.15. The molecule has 0 bridgehead atoms. The molecule has 0 fully saturated rings. The van der Waals surface area contributed by atoms with Crippen LogP contribution in [0.15, 0.2) is 35.3 Å². The van der Waals surface area contributed by atoms with Crippen LogP contribution >= 0.6 is 0 Å². The average Bonchev–Trinajstić information content (AvgIpc) is 2.90. The van der Waals surface area contributed by atoms with Crippen molar-refractivity contribution in [2.24, 2.45) is 13.0 Å². The third kappa shape index (κ3) is 3.02. The van der Waals surface area contributed by atoms with Gasteiger partial charge in [-0.3, -0.25) is 9.59 Å². The van der Waals surface area contributed by atoms with Crippen molar-refractivity contribution in [3.63, 3.8) is 0 Å². The van der Waals surface area contributed by atoms with Crippen LogP contribution in [0.3, 0.4) is 0 Å². The first-order chi connectivity index (χ1) is 12.3. The molecular formula is C21H27N3O2. The largest absolute Gasteiger partial charge is 0.350 e. The molecule has 0 saturated carbocycles. The number of aryl methyl sites for hydroxylation is 1. The molecule has 1 amide bonds. The van der Waals surface area contributed by atoms with Crippen LogP contribution < -0.4 is 10.9 Å². The number of hydrogen-bond donors (Lipinski definition) is 1. The fourth-order valence-corrected chi connectivity index (χ4v) is 3.44. The van der Waals surface area contributed by atoms with E-state index in [1.807, 2.05) is 49.7 Å². The molecule has 0 saturated heterocycles. The zero-order chi connectivity index (χ0) is 19.0. The number of hydrogen-bond acceptors (Lipinski definition) is 2. The van der Waals surface area contributed by atoms with E-state index in [9.17, 15) is 9.59 Å². The Morgan fingerprint density at radius 2 is 1.88 bits per heavy atom. The summed E-state index contributed by atoms with van der Waals surface area (Å²) < 4.78 is 3.58. The van der Waals surface area contributed by atoms with E-state index in [2.05, 4.69) is 19.2 Å². The van der Waals surface area contributed by atoms with Crippen molar-refractivity contribution in [1.82, 2.24) is 14.5 Å². The summed E-state index contributed by atoms with van der Waals surface area (Å²) in [7, 11) is 1.89. The standard InChI is InChI=1S/C21H27N3O2/c1-6-14(4)22-20(25)16-12-24(11-13(2)3)21(26)19-18(16)15-9-7-8-10-17(15)23(19)5/h7-10,12-14H,6,11H2,1-5H3,(H,22,25)/t14-/m0/s1. The summed E-state index contributed by atoms with van der Waals surface area (Å²) in [6, 6.07) is 7.94. The Balaban J connectivity index is 2.37. The second-order valence-corrected chi connectivity index (χ2v) is 7.48. The summed E-state index contributed by atoms with van der Waals surface area (Å²) in [5.74, 6) is 0.184. The molecule has 1 aromatic carbocycles. The minimum Gasteiger partial charge on any atom is -0.350 e. The van der Waals surface area contributed by atoms with Gasteiger partial charge in [0.2, 0.25) is 0 Å². The highest BCUT2D eigenvalue weighted by molar-refractivity contribution is 6.17. The van der Waals surface area contributed by atoms with Crippen molar-refractivity contribution in [3.05, 3.63) is 46.4 Å². The lowest BCUT2D eigenvalue weighted by Crippen LogP contribution is -2.34. The van der Waals surface area contributed by atoms with E-state index in [4.69, 9.17) is 0 Å². The SMILES string of the molecule is CC[C@H](C)NC(=O)c1cn(CC(C)C)c(=O)c2c1c1ccccc1n2C. The summed E-state index contributed by atoms with van der Waals surface area (Å²) in [5, 5.41) is 4.73. The highest BCUT2D eigenvalue weighted by Gasteiger charge is 2.22. The van der Waals surface area contributed by atoms with Gasteiger partial charge in [0.05, 0.1) is 5.56 Å². The van der Waals surface area contributed by atoms with Gasteiger partial charge in [-0.05, 0) is 25.3 Å². The summed E-state index contributed by atoms with van der Waals surface area (Å²) >= 11 is 0. The molecular weight excluding hydrogens is 326 g/mol. The van der Waals surface area contributed by atoms with Gasteiger partial charge in [0, 0.05) is 42.1 Å². The smallest absolute Gasteiger partial charge is 0.275 e. The second kappa shape index (κ2) is 6.98. The minimum absolute atomic E-state index is 0.0486. The van der Waals surface area contributed by atoms with E-state index in [1.165, 1.54) is 0 Å². The minimum atomic E-state index is -0.127. The molecule has 5 nitrogen and oxygen atoms in total. The third-order valence-electron chi connectivity index (χ3n) is 4.92. The first-order valence-electron chi connectivity index (χ1n) is 9.26. The highest BCUT2D eigenvalue weighted by Crippen LogP contribution is 2.29. The van der Waals surface area contributed by atoms with Crippen LogP contribution in [0.2, 0.25) is 0 Å². The van der Waals surface area contributed by atoms with E-state index in [1.54, 1.807) is 10.8 Å².